The Morgan fingerprint density at radius 2 is 2.00 bits per heavy atom. The van der Waals surface area contributed by atoms with Gasteiger partial charge in [-0.25, -0.2) is 4.68 Å². The van der Waals surface area contributed by atoms with Gasteiger partial charge in [0.15, 0.2) is 0 Å². The number of anilines is 2. The maximum Gasteiger partial charge on any atom is 0.261 e. The highest BCUT2D eigenvalue weighted by atomic mass is 35.5. The van der Waals surface area contributed by atoms with Gasteiger partial charge in [0.05, 0.1) is 25.1 Å². The summed E-state index contributed by atoms with van der Waals surface area (Å²) in [7, 11) is 1.49. The van der Waals surface area contributed by atoms with E-state index < -0.39 is 5.91 Å². The number of halogens is 1. The standard InChI is InChI=1S/C19H16ClN5O3/c1-28-15-5-3-2-4-13(15)17(27)22-18-23-19-21-16(26)10-14(25(19)24-18)11-6-8-12(20)9-7-11/h2-9,14H,10H2,1H3,(H2,21,22,23,24,26,27)/t14-/m0/s1. The summed E-state index contributed by atoms with van der Waals surface area (Å²) >= 11 is 5.95. The van der Waals surface area contributed by atoms with Crippen LogP contribution >= 0.6 is 11.6 Å². The SMILES string of the molecule is COc1ccccc1C(=O)Nc1nc2n(n1)[C@H](c1ccc(Cl)cc1)CC(=O)N2. The predicted octanol–water partition coefficient (Wildman–Crippen LogP) is 3.12. The van der Waals surface area contributed by atoms with E-state index in [4.69, 9.17) is 16.3 Å². The fourth-order valence-corrected chi connectivity index (χ4v) is 3.19. The summed E-state index contributed by atoms with van der Waals surface area (Å²) in [5.74, 6) is 0.215. The van der Waals surface area contributed by atoms with Crippen molar-refractivity contribution in [3.63, 3.8) is 0 Å². The quantitative estimate of drug-likeness (QED) is 0.704. The minimum absolute atomic E-state index is 0.0899. The second-order valence-corrected chi connectivity index (χ2v) is 6.61. The molecule has 0 saturated heterocycles. The summed E-state index contributed by atoms with van der Waals surface area (Å²) in [6.07, 6.45) is 0.206. The third-order valence-electron chi connectivity index (χ3n) is 4.39. The van der Waals surface area contributed by atoms with Gasteiger partial charge in [-0.2, -0.15) is 4.98 Å². The molecule has 1 aliphatic heterocycles. The lowest BCUT2D eigenvalue weighted by Gasteiger charge is -2.23. The van der Waals surface area contributed by atoms with E-state index in [1.807, 2.05) is 12.1 Å². The smallest absolute Gasteiger partial charge is 0.261 e. The van der Waals surface area contributed by atoms with Crippen LogP contribution in [-0.4, -0.2) is 33.7 Å². The highest BCUT2D eigenvalue weighted by Crippen LogP contribution is 2.30. The van der Waals surface area contributed by atoms with Crippen LogP contribution < -0.4 is 15.4 Å². The fourth-order valence-electron chi connectivity index (χ4n) is 3.06. The number of para-hydroxylation sites is 1. The lowest BCUT2D eigenvalue weighted by atomic mass is 10.0. The molecule has 2 aromatic carbocycles. The van der Waals surface area contributed by atoms with Gasteiger partial charge in [-0.1, -0.05) is 35.9 Å². The van der Waals surface area contributed by atoms with Crippen molar-refractivity contribution in [1.82, 2.24) is 14.8 Å². The second-order valence-electron chi connectivity index (χ2n) is 6.18. The van der Waals surface area contributed by atoms with E-state index in [9.17, 15) is 9.59 Å². The molecule has 0 aliphatic carbocycles. The number of rotatable bonds is 4. The summed E-state index contributed by atoms with van der Waals surface area (Å²) in [5.41, 5.74) is 1.23. The molecule has 2 N–H and O–H groups in total. The highest BCUT2D eigenvalue weighted by molar-refractivity contribution is 6.30. The number of hydrogen-bond donors (Lipinski definition) is 2. The maximum atomic E-state index is 12.6. The third-order valence-corrected chi connectivity index (χ3v) is 4.64. The van der Waals surface area contributed by atoms with Gasteiger partial charge in [-0.3, -0.25) is 20.2 Å². The molecule has 1 aromatic heterocycles. The molecule has 0 spiro atoms. The summed E-state index contributed by atoms with van der Waals surface area (Å²) in [6.45, 7) is 0. The Bertz CT molecular complexity index is 1050. The number of benzene rings is 2. The third kappa shape index (κ3) is 3.41. The van der Waals surface area contributed by atoms with Crippen LogP contribution in [0.25, 0.3) is 0 Å². The van der Waals surface area contributed by atoms with Crippen LogP contribution in [-0.2, 0) is 4.79 Å². The zero-order chi connectivity index (χ0) is 19.7. The van der Waals surface area contributed by atoms with Gasteiger partial charge in [-0.05, 0) is 29.8 Å². The van der Waals surface area contributed by atoms with Crippen LogP contribution in [0.5, 0.6) is 5.75 Å². The molecule has 0 fully saturated rings. The molecule has 2 amide bonds. The first kappa shape index (κ1) is 18.0. The number of nitrogens with zero attached hydrogens (tertiary/aromatic N) is 3. The van der Waals surface area contributed by atoms with E-state index in [0.29, 0.717) is 16.3 Å². The monoisotopic (exact) mass is 397 g/mol. The molecule has 1 atom stereocenters. The van der Waals surface area contributed by atoms with Crippen LogP contribution in [0.3, 0.4) is 0 Å². The molecule has 9 heteroatoms. The molecule has 0 bridgehead atoms. The Morgan fingerprint density at radius 3 is 2.75 bits per heavy atom. The first-order valence-electron chi connectivity index (χ1n) is 8.51. The average molecular weight is 398 g/mol. The lowest BCUT2D eigenvalue weighted by molar-refractivity contribution is -0.117. The van der Waals surface area contributed by atoms with Crippen molar-refractivity contribution in [2.45, 2.75) is 12.5 Å². The molecule has 1 aliphatic rings. The zero-order valence-electron chi connectivity index (χ0n) is 14.8. The van der Waals surface area contributed by atoms with Crippen molar-refractivity contribution in [1.29, 1.82) is 0 Å². The van der Waals surface area contributed by atoms with Crippen LogP contribution in [0.15, 0.2) is 48.5 Å². The van der Waals surface area contributed by atoms with Gasteiger partial charge in [-0.15, -0.1) is 5.10 Å². The molecule has 142 valence electrons. The van der Waals surface area contributed by atoms with E-state index in [2.05, 4.69) is 20.7 Å². The summed E-state index contributed by atoms with van der Waals surface area (Å²) < 4.78 is 6.80. The first-order chi connectivity index (χ1) is 13.5. The number of carbonyl (C=O) groups excluding carboxylic acids is 2. The van der Waals surface area contributed by atoms with Gasteiger partial charge in [0.2, 0.25) is 11.9 Å². The predicted molar refractivity (Wildman–Crippen MR) is 104 cm³/mol. The van der Waals surface area contributed by atoms with Gasteiger partial charge in [0.25, 0.3) is 11.9 Å². The molecule has 0 saturated carbocycles. The topological polar surface area (TPSA) is 98.1 Å². The molecule has 0 unspecified atom stereocenters. The van der Waals surface area contributed by atoms with Crippen molar-refractivity contribution in [3.8, 4) is 5.75 Å². The van der Waals surface area contributed by atoms with Crippen molar-refractivity contribution < 1.29 is 14.3 Å². The van der Waals surface area contributed by atoms with Crippen LogP contribution in [0.4, 0.5) is 11.9 Å². The molecule has 3 aromatic rings. The van der Waals surface area contributed by atoms with E-state index in [-0.39, 0.29) is 30.3 Å². The molecular formula is C19H16ClN5O3. The molecule has 2 heterocycles. The molecule has 28 heavy (non-hydrogen) atoms. The number of carbonyl (C=O) groups is 2. The van der Waals surface area contributed by atoms with Crippen molar-refractivity contribution in [2.24, 2.45) is 0 Å². The summed E-state index contributed by atoms with van der Waals surface area (Å²) in [5, 5.41) is 10.3. The van der Waals surface area contributed by atoms with Gasteiger partial charge < -0.3 is 4.74 Å². The Balaban J connectivity index is 1.63. The summed E-state index contributed by atoms with van der Waals surface area (Å²) in [4.78, 5) is 28.9. The summed E-state index contributed by atoms with van der Waals surface area (Å²) in [6, 6.07) is 13.7. The number of amides is 2. The Kier molecular flexibility index (Phi) is 4.70. The minimum atomic E-state index is -0.408. The Hall–Kier alpha value is -3.39. The molecule has 0 radical (unpaired) electrons. The van der Waals surface area contributed by atoms with E-state index in [1.54, 1.807) is 41.1 Å². The van der Waals surface area contributed by atoms with E-state index in [1.165, 1.54) is 7.11 Å². The Morgan fingerprint density at radius 1 is 1.25 bits per heavy atom. The minimum Gasteiger partial charge on any atom is -0.496 e. The lowest BCUT2D eigenvalue weighted by Crippen LogP contribution is -2.29. The van der Waals surface area contributed by atoms with E-state index >= 15 is 0 Å². The Labute approximate surface area is 165 Å². The largest absolute Gasteiger partial charge is 0.496 e. The normalized spacial score (nSPS) is 15.5. The molecule has 8 nitrogen and oxygen atoms in total. The second kappa shape index (κ2) is 7.32. The van der Waals surface area contributed by atoms with Gasteiger partial charge in [0.1, 0.15) is 5.75 Å². The number of nitrogens with one attached hydrogen (secondary N) is 2. The highest BCUT2D eigenvalue weighted by Gasteiger charge is 2.29. The van der Waals surface area contributed by atoms with Crippen molar-refractivity contribution in [2.75, 3.05) is 17.7 Å². The van der Waals surface area contributed by atoms with Gasteiger partial charge >= 0.3 is 0 Å². The van der Waals surface area contributed by atoms with E-state index in [0.717, 1.165) is 5.56 Å². The van der Waals surface area contributed by atoms with Crippen LogP contribution in [0.1, 0.15) is 28.4 Å². The van der Waals surface area contributed by atoms with Gasteiger partial charge in [0, 0.05) is 5.02 Å². The molecule has 4 rings (SSSR count). The number of methoxy groups -OCH3 is 1. The molecular weight excluding hydrogens is 382 g/mol. The maximum absolute atomic E-state index is 12.6. The number of ether oxygens (including phenoxy) is 1. The number of fused-ring (bicyclic) bond motifs is 1. The van der Waals surface area contributed by atoms with Crippen molar-refractivity contribution in [3.05, 3.63) is 64.7 Å². The average Bonchev–Trinajstić information content (AvgIpc) is 3.09. The number of hydrogen-bond acceptors (Lipinski definition) is 5. The first-order valence-corrected chi connectivity index (χ1v) is 8.89. The fraction of sp³-hybridized carbons (Fsp3) is 0.158. The zero-order valence-corrected chi connectivity index (χ0v) is 15.6. The number of aromatic nitrogens is 3. The van der Waals surface area contributed by atoms with Crippen molar-refractivity contribution >= 4 is 35.3 Å². The van der Waals surface area contributed by atoms with Crippen LogP contribution in [0, 0.1) is 0 Å². The van der Waals surface area contributed by atoms with Crippen LogP contribution in [0.2, 0.25) is 5.02 Å².